The normalized spacial score (nSPS) is 12.1. The van der Waals surface area contributed by atoms with Gasteiger partial charge in [0, 0.05) is 5.69 Å². The van der Waals surface area contributed by atoms with E-state index in [1.54, 1.807) is 6.07 Å². The number of nitrogens with two attached hydrogens (primary N) is 2. The molecule has 22 heavy (non-hydrogen) atoms. The Hall–Kier alpha value is -1.81. The number of rotatable bonds is 4. The topological polar surface area (TPSA) is 132 Å². The van der Waals surface area contributed by atoms with Crippen LogP contribution in [0.5, 0.6) is 0 Å². The highest BCUT2D eigenvalue weighted by molar-refractivity contribution is 7.92. The van der Waals surface area contributed by atoms with Crippen LogP contribution in [-0.4, -0.2) is 16.8 Å². The number of sulfonamides is 2. The Morgan fingerprint density at radius 3 is 2.18 bits per heavy atom. The summed E-state index contributed by atoms with van der Waals surface area (Å²) in [5, 5.41) is 4.87. The Balaban J connectivity index is 2.39. The van der Waals surface area contributed by atoms with Gasteiger partial charge in [-0.25, -0.2) is 22.0 Å². The maximum absolute atomic E-state index is 12.2. The van der Waals surface area contributed by atoms with Gasteiger partial charge in [0.1, 0.15) is 0 Å². The van der Waals surface area contributed by atoms with Crippen LogP contribution in [0.3, 0.4) is 0 Å². The minimum Gasteiger partial charge on any atom is -0.399 e. The van der Waals surface area contributed by atoms with Gasteiger partial charge in [-0.05, 0) is 36.4 Å². The molecule has 0 saturated heterocycles. The van der Waals surface area contributed by atoms with Gasteiger partial charge in [-0.15, -0.1) is 0 Å². The molecule has 0 fully saturated rings. The molecule has 118 valence electrons. The summed E-state index contributed by atoms with van der Waals surface area (Å²) in [6, 6.07) is 9.13. The smallest absolute Gasteiger partial charge is 0.262 e. The second-order valence-electron chi connectivity index (χ2n) is 4.36. The number of hydrogen-bond acceptors (Lipinski definition) is 5. The highest BCUT2D eigenvalue weighted by Crippen LogP contribution is 2.27. The lowest BCUT2D eigenvalue weighted by Crippen LogP contribution is -2.15. The molecule has 0 radical (unpaired) electrons. The van der Waals surface area contributed by atoms with Crippen LogP contribution in [0, 0.1) is 0 Å². The molecule has 0 atom stereocenters. The van der Waals surface area contributed by atoms with Gasteiger partial charge in [0.2, 0.25) is 10.0 Å². The summed E-state index contributed by atoms with van der Waals surface area (Å²) < 4.78 is 49.1. The van der Waals surface area contributed by atoms with Crippen LogP contribution in [0.25, 0.3) is 0 Å². The molecule has 0 amide bonds. The molecule has 0 bridgehead atoms. The van der Waals surface area contributed by atoms with Crippen LogP contribution in [0.4, 0.5) is 11.4 Å². The highest BCUT2D eigenvalue weighted by atomic mass is 35.5. The number of nitrogen functional groups attached to an aromatic ring is 1. The third kappa shape index (κ3) is 3.69. The predicted molar refractivity (Wildman–Crippen MR) is 84.5 cm³/mol. The Morgan fingerprint density at radius 1 is 0.955 bits per heavy atom. The number of nitrogens with one attached hydrogen (secondary N) is 1. The van der Waals surface area contributed by atoms with E-state index in [1.165, 1.54) is 24.3 Å². The summed E-state index contributed by atoms with van der Waals surface area (Å²) in [7, 11) is -7.82. The van der Waals surface area contributed by atoms with Crippen molar-refractivity contribution < 1.29 is 16.8 Å². The fourth-order valence-electron chi connectivity index (χ4n) is 1.64. The quantitative estimate of drug-likeness (QED) is 0.707. The second-order valence-corrected chi connectivity index (χ2v) is 8.02. The number of hydrogen-bond donors (Lipinski definition) is 3. The summed E-state index contributed by atoms with van der Waals surface area (Å²) in [6.07, 6.45) is 0. The fraction of sp³-hybridized carbons (Fsp3) is 0. The van der Waals surface area contributed by atoms with Gasteiger partial charge in [-0.1, -0.05) is 17.7 Å². The number of benzene rings is 2. The molecule has 10 heteroatoms. The van der Waals surface area contributed by atoms with Crippen LogP contribution in [0.2, 0.25) is 5.02 Å². The first-order valence-electron chi connectivity index (χ1n) is 5.80. The third-order valence-corrected chi connectivity index (χ3v) is 5.27. The summed E-state index contributed by atoms with van der Waals surface area (Å²) in [5.41, 5.74) is 5.86. The SMILES string of the molecule is Nc1cccc(S(=O)(=O)Nc2ccc(S(N)(=O)=O)cc2Cl)c1. The number of primary sulfonamides is 1. The van der Waals surface area contributed by atoms with Gasteiger partial charge in [-0.3, -0.25) is 4.72 Å². The molecule has 0 aliphatic rings. The van der Waals surface area contributed by atoms with Crippen molar-refractivity contribution >= 4 is 43.0 Å². The lowest BCUT2D eigenvalue weighted by Gasteiger charge is -2.11. The zero-order chi connectivity index (χ0) is 16.5. The Morgan fingerprint density at radius 2 is 1.64 bits per heavy atom. The van der Waals surface area contributed by atoms with Crippen molar-refractivity contribution in [3.63, 3.8) is 0 Å². The molecule has 7 nitrogen and oxygen atoms in total. The Kier molecular flexibility index (Phi) is 4.34. The predicted octanol–water partition coefficient (Wildman–Crippen LogP) is 1.37. The first-order valence-corrected chi connectivity index (χ1v) is 9.21. The minimum atomic E-state index is -3.92. The first-order chi connectivity index (χ1) is 10.1. The lowest BCUT2D eigenvalue weighted by molar-refractivity contribution is 0.597. The molecule has 5 N–H and O–H groups in total. The van der Waals surface area contributed by atoms with Gasteiger partial charge in [0.05, 0.1) is 20.5 Å². The Bertz CT molecular complexity index is 927. The van der Waals surface area contributed by atoms with E-state index in [9.17, 15) is 16.8 Å². The number of anilines is 2. The van der Waals surface area contributed by atoms with E-state index >= 15 is 0 Å². The molecule has 0 saturated carbocycles. The van der Waals surface area contributed by atoms with E-state index in [0.29, 0.717) is 5.69 Å². The molecular formula is C12H12ClN3O4S2. The third-order valence-electron chi connectivity index (χ3n) is 2.68. The summed E-state index contributed by atoms with van der Waals surface area (Å²) in [5.74, 6) is 0. The summed E-state index contributed by atoms with van der Waals surface area (Å²) >= 11 is 5.89. The van der Waals surface area contributed by atoms with Crippen molar-refractivity contribution in [2.75, 3.05) is 10.5 Å². The highest BCUT2D eigenvalue weighted by Gasteiger charge is 2.17. The molecular weight excluding hydrogens is 350 g/mol. The molecule has 2 aromatic rings. The molecule has 0 unspecified atom stereocenters. The van der Waals surface area contributed by atoms with Gasteiger partial charge in [-0.2, -0.15) is 0 Å². The molecule has 2 rings (SSSR count). The zero-order valence-corrected chi connectivity index (χ0v) is 13.4. The second kappa shape index (κ2) is 5.76. The van der Waals surface area contributed by atoms with Gasteiger partial charge in [0.25, 0.3) is 10.0 Å². The van der Waals surface area contributed by atoms with Gasteiger partial charge >= 0.3 is 0 Å². The average molecular weight is 362 g/mol. The Labute approximate surface area is 133 Å². The van der Waals surface area contributed by atoms with Crippen molar-refractivity contribution in [1.82, 2.24) is 0 Å². The van der Waals surface area contributed by atoms with Crippen LogP contribution in [-0.2, 0) is 20.0 Å². The van der Waals surface area contributed by atoms with Crippen LogP contribution >= 0.6 is 11.6 Å². The molecule has 0 aromatic heterocycles. The van der Waals surface area contributed by atoms with Crippen molar-refractivity contribution in [2.45, 2.75) is 9.79 Å². The zero-order valence-electron chi connectivity index (χ0n) is 11.0. The van der Waals surface area contributed by atoms with E-state index in [-0.39, 0.29) is 20.5 Å². The van der Waals surface area contributed by atoms with Crippen LogP contribution in [0.1, 0.15) is 0 Å². The minimum absolute atomic E-state index is 0.0245. The maximum Gasteiger partial charge on any atom is 0.262 e. The maximum atomic E-state index is 12.2. The van der Waals surface area contributed by atoms with Crippen molar-refractivity contribution in [2.24, 2.45) is 5.14 Å². The monoisotopic (exact) mass is 361 g/mol. The lowest BCUT2D eigenvalue weighted by atomic mass is 10.3. The molecule has 0 aliphatic heterocycles. The van der Waals surface area contributed by atoms with E-state index in [1.807, 2.05) is 0 Å². The standard InChI is InChI=1S/C12H12ClN3O4S2/c13-11-7-9(21(15,17)18)4-5-12(11)16-22(19,20)10-3-1-2-8(14)6-10/h1-7,16H,14H2,(H2,15,17,18). The van der Waals surface area contributed by atoms with Gasteiger partial charge < -0.3 is 5.73 Å². The van der Waals surface area contributed by atoms with Crippen LogP contribution < -0.4 is 15.6 Å². The largest absolute Gasteiger partial charge is 0.399 e. The first kappa shape index (κ1) is 16.6. The van der Waals surface area contributed by atoms with Crippen molar-refractivity contribution in [3.05, 3.63) is 47.5 Å². The molecule has 0 aliphatic carbocycles. The summed E-state index contributed by atoms with van der Waals surface area (Å²) in [6.45, 7) is 0. The van der Waals surface area contributed by atoms with E-state index < -0.39 is 20.0 Å². The van der Waals surface area contributed by atoms with E-state index in [2.05, 4.69) is 4.72 Å². The molecule has 2 aromatic carbocycles. The number of halogens is 1. The average Bonchev–Trinajstić information content (AvgIpc) is 2.40. The van der Waals surface area contributed by atoms with Crippen molar-refractivity contribution in [1.29, 1.82) is 0 Å². The molecule has 0 spiro atoms. The van der Waals surface area contributed by atoms with E-state index in [0.717, 1.165) is 12.1 Å². The van der Waals surface area contributed by atoms with Crippen LogP contribution in [0.15, 0.2) is 52.3 Å². The summed E-state index contributed by atoms with van der Waals surface area (Å²) in [4.78, 5) is -0.261. The van der Waals surface area contributed by atoms with E-state index in [4.69, 9.17) is 22.5 Å². The van der Waals surface area contributed by atoms with Crippen molar-refractivity contribution in [3.8, 4) is 0 Å². The van der Waals surface area contributed by atoms with Gasteiger partial charge in [0.15, 0.2) is 0 Å². The molecule has 0 heterocycles. The fourth-order valence-corrected chi connectivity index (χ4v) is 3.66.